The molecule has 1 N–H and O–H groups in total. The third-order valence-corrected chi connectivity index (χ3v) is 3.41. The standard InChI is InChI=1S/C13H16F3N/c1-12(8-5-9-12)17-11(13(14,15)16)10-6-3-2-4-7-10/h2-4,6-7,11,17H,5,8-9H2,1H3. The lowest BCUT2D eigenvalue weighted by Gasteiger charge is -2.42. The van der Waals surface area contributed by atoms with Crippen molar-refractivity contribution in [3.8, 4) is 0 Å². The van der Waals surface area contributed by atoms with Crippen molar-refractivity contribution in [1.29, 1.82) is 0 Å². The van der Waals surface area contributed by atoms with Gasteiger partial charge in [-0.3, -0.25) is 5.32 Å². The summed E-state index contributed by atoms with van der Waals surface area (Å²) in [6.07, 6.45) is -1.62. The molecule has 2 rings (SSSR count). The summed E-state index contributed by atoms with van der Waals surface area (Å²) in [6.45, 7) is 1.86. The first-order chi connectivity index (χ1) is 7.91. The van der Waals surface area contributed by atoms with Crippen molar-refractivity contribution in [2.75, 3.05) is 0 Å². The van der Waals surface area contributed by atoms with Gasteiger partial charge in [-0.1, -0.05) is 30.3 Å². The molecular weight excluding hydrogens is 227 g/mol. The minimum Gasteiger partial charge on any atom is -0.297 e. The molecule has 1 nitrogen and oxygen atoms in total. The van der Waals surface area contributed by atoms with Gasteiger partial charge in [-0.2, -0.15) is 13.2 Å². The Morgan fingerprint density at radius 2 is 1.76 bits per heavy atom. The monoisotopic (exact) mass is 243 g/mol. The summed E-state index contributed by atoms with van der Waals surface area (Å²) in [7, 11) is 0. The Morgan fingerprint density at radius 1 is 1.18 bits per heavy atom. The largest absolute Gasteiger partial charge is 0.407 e. The molecule has 0 amide bonds. The van der Waals surface area contributed by atoms with Crippen LogP contribution in [0.2, 0.25) is 0 Å². The number of hydrogen-bond acceptors (Lipinski definition) is 1. The van der Waals surface area contributed by atoms with E-state index in [1.807, 2.05) is 6.92 Å². The number of halogens is 3. The van der Waals surface area contributed by atoms with Crippen molar-refractivity contribution in [2.45, 2.75) is 43.9 Å². The number of benzene rings is 1. The van der Waals surface area contributed by atoms with Crippen LogP contribution in [-0.4, -0.2) is 11.7 Å². The highest BCUT2D eigenvalue weighted by Gasteiger charge is 2.45. The van der Waals surface area contributed by atoms with Gasteiger partial charge in [0.15, 0.2) is 0 Å². The Bertz CT molecular complexity index is 368. The van der Waals surface area contributed by atoms with Crippen LogP contribution in [-0.2, 0) is 0 Å². The highest BCUT2D eigenvalue weighted by Crippen LogP contribution is 2.39. The lowest BCUT2D eigenvalue weighted by molar-refractivity contribution is -0.165. The van der Waals surface area contributed by atoms with Gasteiger partial charge >= 0.3 is 6.18 Å². The Balaban J connectivity index is 2.20. The van der Waals surface area contributed by atoms with Crippen molar-refractivity contribution in [1.82, 2.24) is 5.32 Å². The minimum atomic E-state index is -4.25. The first-order valence-corrected chi connectivity index (χ1v) is 5.80. The Kier molecular flexibility index (Phi) is 3.17. The third-order valence-electron chi connectivity index (χ3n) is 3.41. The van der Waals surface area contributed by atoms with Crippen LogP contribution in [0.3, 0.4) is 0 Å². The molecule has 0 heterocycles. The van der Waals surface area contributed by atoms with E-state index >= 15 is 0 Å². The molecule has 1 atom stereocenters. The van der Waals surface area contributed by atoms with Gasteiger partial charge in [0.05, 0.1) is 0 Å². The highest BCUT2D eigenvalue weighted by molar-refractivity contribution is 5.21. The van der Waals surface area contributed by atoms with E-state index in [2.05, 4.69) is 5.32 Å². The van der Waals surface area contributed by atoms with Gasteiger partial charge in [0.25, 0.3) is 0 Å². The van der Waals surface area contributed by atoms with Gasteiger partial charge in [-0.05, 0) is 31.7 Å². The van der Waals surface area contributed by atoms with Crippen LogP contribution in [0.25, 0.3) is 0 Å². The molecule has 0 aliphatic heterocycles. The number of alkyl halides is 3. The van der Waals surface area contributed by atoms with Crippen LogP contribution in [0, 0.1) is 0 Å². The van der Waals surface area contributed by atoms with Crippen molar-refractivity contribution in [3.63, 3.8) is 0 Å². The average Bonchev–Trinajstić information content (AvgIpc) is 2.23. The number of hydrogen-bond donors (Lipinski definition) is 1. The van der Waals surface area contributed by atoms with Gasteiger partial charge in [-0.25, -0.2) is 0 Å². The maximum atomic E-state index is 13.0. The van der Waals surface area contributed by atoms with E-state index in [0.29, 0.717) is 0 Å². The van der Waals surface area contributed by atoms with Crippen LogP contribution in [0.15, 0.2) is 30.3 Å². The second-order valence-electron chi connectivity index (χ2n) is 4.94. The zero-order valence-corrected chi connectivity index (χ0v) is 9.72. The lowest BCUT2D eigenvalue weighted by atomic mass is 9.77. The Labute approximate surface area is 99.0 Å². The van der Waals surface area contributed by atoms with E-state index in [0.717, 1.165) is 19.3 Å². The minimum absolute atomic E-state index is 0.285. The summed E-state index contributed by atoms with van der Waals surface area (Å²) in [5, 5.41) is 2.76. The molecule has 0 bridgehead atoms. The molecule has 0 radical (unpaired) electrons. The molecule has 94 valence electrons. The second kappa shape index (κ2) is 4.33. The zero-order chi connectivity index (χ0) is 12.5. The van der Waals surface area contributed by atoms with Crippen molar-refractivity contribution in [2.24, 2.45) is 0 Å². The fraction of sp³-hybridized carbons (Fsp3) is 0.538. The lowest BCUT2D eigenvalue weighted by Crippen LogP contribution is -2.52. The van der Waals surface area contributed by atoms with E-state index in [9.17, 15) is 13.2 Å². The zero-order valence-electron chi connectivity index (χ0n) is 9.72. The number of nitrogens with one attached hydrogen (secondary N) is 1. The molecule has 0 saturated heterocycles. The third kappa shape index (κ3) is 2.80. The molecular formula is C13H16F3N. The predicted molar refractivity (Wildman–Crippen MR) is 60.6 cm³/mol. The van der Waals surface area contributed by atoms with Crippen LogP contribution < -0.4 is 5.32 Å². The summed E-state index contributed by atoms with van der Waals surface area (Å²) >= 11 is 0. The number of rotatable bonds is 3. The van der Waals surface area contributed by atoms with Gasteiger partial charge in [0, 0.05) is 5.54 Å². The molecule has 1 saturated carbocycles. The van der Waals surface area contributed by atoms with E-state index in [1.165, 1.54) is 12.1 Å². The van der Waals surface area contributed by atoms with Crippen LogP contribution in [0.5, 0.6) is 0 Å². The SMILES string of the molecule is CC1(NC(c2ccccc2)C(F)(F)F)CCC1. The van der Waals surface area contributed by atoms with E-state index < -0.39 is 12.2 Å². The van der Waals surface area contributed by atoms with Gasteiger partial charge in [-0.15, -0.1) is 0 Å². The van der Waals surface area contributed by atoms with E-state index in [-0.39, 0.29) is 11.1 Å². The molecule has 1 aliphatic rings. The first kappa shape index (κ1) is 12.4. The van der Waals surface area contributed by atoms with Crippen molar-refractivity contribution < 1.29 is 13.2 Å². The smallest absolute Gasteiger partial charge is 0.297 e. The fourth-order valence-corrected chi connectivity index (χ4v) is 2.20. The van der Waals surface area contributed by atoms with Crippen LogP contribution >= 0.6 is 0 Å². The molecule has 1 aromatic rings. The van der Waals surface area contributed by atoms with Gasteiger partial charge in [0.2, 0.25) is 0 Å². The average molecular weight is 243 g/mol. The van der Waals surface area contributed by atoms with Crippen molar-refractivity contribution in [3.05, 3.63) is 35.9 Å². The highest BCUT2D eigenvalue weighted by atomic mass is 19.4. The molecule has 1 fully saturated rings. The molecule has 1 aromatic carbocycles. The summed E-state index contributed by atoms with van der Waals surface area (Å²) < 4.78 is 39.1. The maximum Gasteiger partial charge on any atom is 0.407 e. The van der Waals surface area contributed by atoms with Gasteiger partial charge in [0.1, 0.15) is 6.04 Å². The van der Waals surface area contributed by atoms with E-state index in [4.69, 9.17) is 0 Å². The van der Waals surface area contributed by atoms with Crippen molar-refractivity contribution >= 4 is 0 Å². The molecule has 0 spiro atoms. The molecule has 0 aromatic heterocycles. The molecule has 4 heteroatoms. The Hall–Kier alpha value is -1.03. The molecule has 17 heavy (non-hydrogen) atoms. The Morgan fingerprint density at radius 3 is 2.18 bits per heavy atom. The molecule has 1 unspecified atom stereocenters. The topological polar surface area (TPSA) is 12.0 Å². The predicted octanol–water partition coefficient (Wildman–Crippen LogP) is 3.82. The second-order valence-corrected chi connectivity index (χ2v) is 4.94. The fourth-order valence-electron chi connectivity index (χ4n) is 2.20. The van der Waals surface area contributed by atoms with Gasteiger partial charge < -0.3 is 0 Å². The molecule has 1 aliphatic carbocycles. The van der Waals surface area contributed by atoms with E-state index in [1.54, 1.807) is 18.2 Å². The van der Waals surface area contributed by atoms with Crippen LogP contribution in [0.1, 0.15) is 37.8 Å². The first-order valence-electron chi connectivity index (χ1n) is 5.80. The quantitative estimate of drug-likeness (QED) is 0.851. The normalized spacial score (nSPS) is 20.7. The summed E-state index contributed by atoms with van der Waals surface area (Å²) in [4.78, 5) is 0. The maximum absolute atomic E-state index is 13.0. The summed E-state index contributed by atoms with van der Waals surface area (Å²) in [5.74, 6) is 0. The summed E-state index contributed by atoms with van der Waals surface area (Å²) in [5.41, 5.74) is -0.0798. The summed E-state index contributed by atoms with van der Waals surface area (Å²) in [6, 6.07) is 6.48. The van der Waals surface area contributed by atoms with Crippen LogP contribution in [0.4, 0.5) is 13.2 Å².